The Labute approximate surface area is 178 Å². The first-order valence-corrected chi connectivity index (χ1v) is 10.3. The normalized spacial score (nSPS) is 14.0. The number of H-pyrrole nitrogens is 1. The maximum Gasteiger partial charge on any atom is 0.276 e. The Hall–Kier alpha value is -3.10. The van der Waals surface area contributed by atoms with Gasteiger partial charge in [0.2, 0.25) is 5.91 Å². The van der Waals surface area contributed by atoms with E-state index < -0.39 is 0 Å². The zero-order chi connectivity index (χ0) is 20.9. The minimum absolute atomic E-state index is 0.187. The predicted molar refractivity (Wildman–Crippen MR) is 117 cm³/mol. The van der Waals surface area contributed by atoms with Crippen LogP contribution >= 0.6 is 11.6 Å². The van der Waals surface area contributed by atoms with Crippen molar-refractivity contribution < 1.29 is 14.3 Å². The average Bonchev–Trinajstić information content (AvgIpc) is 3.20. The number of halogens is 1. The summed E-state index contributed by atoms with van der Waals surface area (Å²) in [5.74, 6) is -0.357. The molecular weight excluding hydrogens is 406 g/mol. The molecule has 2 heterocycles. The van der Waals surface area contributed by atoms with Crippen LogP contribution in [0.1, 0.15) is 16.9 Å². The molecule has 0 radical (unpaired) electrons. The number of nitrogens with zero attached hydrogens (tertiary/aromatic N) is 2. The van der Waals surface area contributed by atoms with Crippen LogP contribution in [0.4, 0.5) is 17.1 Å². The molecule has 9 heteroatoms. The third-order valence-corrected chi connectivity index (χ3v) is 5.09. The van der Waals surface area contributed by atoms with Crippen LogP contribution < -0.4 is 15.5 Å². The van der Waals surface area contributed by atoms with Gasteiger partial charge in [-0.3, -0.25) is 14.7 Å². The third-order valence-electron chi connectivity index (χ3n) is 4.90. The number of morpholine rings is 1. The molecule has 3 aromatic rings. The number of hydrogen-bond acceptors (Lipinski definition) is 5. The zero-order valence-electron chi connectivity index (χ0n) is 16.3. The van der Waals surface area contributed by atoms with Gasteiger partial charge in [0.25, 0.3) is 5.91 Å². The van der Waals surface area contributed by atoms with E-state index in [9.17, 15) is 9.59 Å². The molecule has 3 N–H and O–H groups in total. The summed E-state index contributed by atoms with van der Waals surface area (Å²) < 4.78 is 5.38. The van der Waals surface area contributed by atoms with Gasteiger partial charge in [-0.1, -0.05) is 6.07 Å². The van der Waals surface area contributed by atoms with E-state index in [4.69, 9.17) is 16.3 Å². The number of nitrogens with one attached hydrogen (secondary N) is 3. The van der Waals surface area contributed by atoms with Crippen LogP contribution in [0, 0.1) is 0 Å². The fourth-order valence-corrected chi connectivity index (χ4v) is 3.58. The summed E-state index contributed by atoms with van der Waals surface area (Å²) in [5.41, 5.74) is 3.14. The monoisotopic (exact) mass is 427 g/mol. The summed E-state index contributed by atoms with van der Waals surface area (Å²) in [6.07, 6.45) is 0.187. The first-order chi connectivity index (χ1) is 14.7. The Morgan fingerprint density at radius 3 is 2.60 bits per heavy atom. The van der Waals surface area contributed by atoms with Gasteiger partial charge < -0.3 is 20.3 Å². The van der Waals surface area contributed by atoms with Gasteiger partial charge >= 0.3 is 0 Å². The first-order valence-electron chi connectivity index (χ1n) is 9.73. The molecule has 1 aliphatic heterocycles. The fraction of sp³-hybridized carbons (Fsp3) is 0.286. The quantitative estimate of drug-likeness (QED) is 0.524. The molecule has 8 nitrogen and oxygen atoms in total. The van der Waals surface area contributed by atoms with Crippen molar-refractivity contribution in [2.75, 3.05) is 47.7 Å². The maximum atomic E-state index is 12.9. The predicted octanol–water partition coefficient (Wildman–Crippen LogP) is 3.22. The van der Waals surface area contributed by atoms with Gasteiger partial charge in [-0.2, -0.15) is 5.10 Å². The highest BCUT2D eigenvalue weighted by Gasteiger charge is 2.19. The molecule has 0 saturated carbocycles. The van der Waals surface area contributed by atoms with E-state index in [0.717, 1.165) is 18.8 Å². The van der Waals surface area contributed by atoms with E-state index in [-0.39, 0.29) is 29.8 Å². The van der Waals surface area contributed by atoms with E-state index in [0.29, 0.717) is 35.5 Å². The highest BCUT2D eigenvalue weighted by molar-refractivity contribution is 6.20. The molecule has 156 valence electrons. The highest BCUT2D eigenvalue weighted by atomic mass is 35.5. The zero-order valence-corrected chi connectivity index (χ0v) is 17.0. The number of anilines is 3. The van der Waals surface area contributed by atoms with Crippen LogP contribution in [0.3, 0.4) is 0 Å². The van der Waals surface area contributed by atoms with Crippen LogP contribution in [0.15, 0.2) is 42.5 Å². The van der Waals surface area contributed by atoms with Crippen molar-refractivity contribution >= 4 is 51.4 Å². The molecule has 0 spiro atoms. The van der Waals surface area contributed by atoms with Gasteiger partial charge in [-0.05, 0) is 36.4 Å². The van der Waals surface area contributed by atoms with Crippen molar-refractivity contribution in [2.45, 2.75) is 6.42 Å². The van der Waals surface area contributed by atoms with Gasteiger partial charge in [0.15, 0.2) is 5.69 Å². The minimum atomic E-state index is -0.362. The number of benzene rings is 2. The second-order valence-corrected chi connectivity index (χ2v) is 7.27. The molecule has 1 aromatic heterocycles. The standard InChI is InChI=1S/C21H22ClN5O3/c22-9-8-18(28)24-16-2-1-3-17-19(16)20(26-25-17)21(29)23-14-4-6-15(7-5-14)27-10-12-30-13-11-27/h1-7H,8-13H2,(H,23,29)(H,24,28)(H,25,26). The van der Waals surface area contributed by atoms with Gasteiger partial charge in [0, 0.05) is 36.8 Å². The molecule has 2 amide bonds. The molecule has 0 aliphatic carbocycles. The largest absolute Gasteiger partial charge is 0.378 e. The first kappa shape index (κ1) is 20.2. The third kappa shape index (κ3) is 4.39. The summed E-state index contributed by atoms with van der Waals surface area (Å²) in [7, 11) is 0. The number of fused-ring (bicyclic) bond motifs is 1. The molecule has 0 bridgehead atoms. The van der Waals surface area contributed by atoms with Crippen LogP contribution in [-0.2, 0) is 9.53 Å². The van der Waals surface area contributed by atoms with Gasteiger partial charge in [-0.25, -0.2) is 0 Å². The topological polar surface area (TPSA) is 99.3 Å². The van der Waals surface area contributed by atoms with Crippen LogP contribution in [0.25, 0.3) is 10.9 Å². The summed E-state index contributed by atoms with van der Waals surface area (Å²) >= 11 is 5.64. The van der Waals surface area contributed by atoms with Crippen molar-refractivity contribution in [3.8, 4) is 0 Å². The lowest BCUT2D eigenvalue weighted by Gasteiger charge is -2.28. The van der Waals surface area contributed by atoms with Crippen LogP contribution in [0.2, 0.25) is 0 Å². The van der Waals surface area contributed by atoms with Gasteiger partial charge in [0.05, 0.1) is 29.8 Å². The number of hydrogen-bond donors (Lipinski definition) is 3. The lowest BCUT2D eigenvalue weighted by Crippen LogP contribution is -2.36. The van der Waals surface area contributed by atoms with Crippen molar-refractivity contribution in [1.82, 2.24) is 10.2 Å². The fourth-order valence-electron chi connectivity index (χ4n) is 3.41. The molecule has 1 saturated heterocycles. The van der Waals surface area contributed by atoms with E-state index in [2.05, 4.69) is 25.7 Å². The SMILES string of the molecule is O=C(CCCl)Nc1cccc2[nH]nc(C(=O)Nc3ccc(N4CCOCC4)cc3)c12. The maximum absolute atomic E-state index is 12.9. The Morgan fingerprint density at radius 2 is 1.87 bits per heavy atom. The lowest BCUT2D eigenvalue weighted by atomic mass is 10.1. The Bertz CT molecular complexity index is 1040. The van der Waals surface area contributed by atoms with E-state index in [1.165, 1.54) is 0 Å². The number of aromatic nitrogens is 2. The summed E-state index contributed by atoms with van der Waals surface area (Å²) in [6.45, 7) is 3.13. The van der Waals surface area contributed by atoms with Crippen molar-refractivity contribution in [3.05, 3.63) is 48.2 Å². The molecule has 4 rings (SSSR count). The Morgan fingerprint density at radius 1 is 1.10 bits per heavy atom. The molecule has 1 aliphatic rings. The molecule has 2 aromatic carbocycles. The second-order valence-electron chi connectivity index (χ2n) is 6.89. The number of alkyl halides is 1. The highest BCUT2D eigenvalue weighted by Crippen LogP contribution is 2.26. The van der Waals surface area contributed by atoms with Gasteiger partial charge in [0.1, 0.15) is 0 Å². The Kier molecular flexibility index (Phi) is 6.15. The van der Waals surface area contributed by atoms with Crippen molar-refractivity contribution in [3.63, 3.8) is 0 Å². The average molecular weight is 428 g/mol. The van der Waals surface area contributed by atoms with E-state index in [1.54, 1.807) is 18.2 Å². The Balaban J connectivity index is 1.52. The minimum Gasteiger partial charge on any atom is -0.378 e. The molecule has 1 fully saturated rings. The number of carbonyl (C=O) groups excluding carboxylic acids is 2. The van der Waals surface area contributed by atoms with Crippen LogP contribution in [-0.4, -0.2) is 54.2 Å². The summed E-state index contributed by atoms with van der Waals surface area (Å²) in [4.78, 5) is 27.1. The molecule has 0 unspecified atom stereocenters. The van der Waals surface area contributed by atoms with Crippen LogP contribution in [0.5, 0.6) is 0 Å². The summed E-state index contributed by atoms with van der Waals surface area (Å²) in [6, 6.07) is 13.0. The van der Waals surface area contributed by atoms with E-state index in [1.807, 2.05) is 24.3 Å². The van der Waals surface area contributed by atoms with Gasteiger partial charge in [-0.15, -0.1) is 11.6 Å². The number of amides is 2. The summed E-state index contributed by atoms with van der Waals surface area (Å²) in [5, 5.41) is 13.2. The lowest BCUT2D eigenvalue weighted by molar-refractivity contribution is -0.115. The number of aromatic amines is 1. The molecular formula is C21H22ClN5O3. The van der Waals surface area contributed by atoms with Crippen molar-refractivity contribution in [2.24, 2.45) is 0 Å². The number of rotatable bonds is 6. The number of carbonyl (C=O) groups is 2. The smallest absolute Gasteiger partial charge is 0.276 e. The second kappa shape index (κ2) is 9.15. The van der Waals surface area contributed by atoms with E-state index >= 15 is 0 Å². The number of ether oxygens (including phenoxy) is 1. The van der Waals surface area contributed by atoms with Crippen molar-refractivity contribution in [1.29, 1.82) is 0 Å². The molecule has 30 heavy (non-hydrogen) atoms. The molecule has 0 atom stereocenters.